The fourth-order valence-corrected chi connectivity index (χ4v) is 3.05. The number of halogens is 2. The first-order valence-electron chi connectivity index (χ1n) is 7.91. The number of hydrogen-bond donors (Lipinski definition) is 3. The van der Waals surface area contributed by atoms with Crippen LogP contribution in [0.1, 0.15) is 24.0 Å². The first-order valence-corrected chi connectivity index (χ1v) is 9.78. The summed E-state index contributed by atoms with van der Waals surface area (Å²) in [6.45, 7) is 5.81. The van der Waals surface area contributed by atoms with Gasteiger partial charge in [-0.3, -0.25) is 20.4 Å². The number of benzene rings is 2. The number of carbonyl (C=O) groups excluding carboxylic acids is 2. The number of nitrogens with one attached hydrogen (secondary N) is 3. The molecule has 0 saturated carbocycles. The Kier molecular flexibility index (Phi) is 7.65. The van der Waals surface area contributed by atoms with E-state index < -0.39 is 0 Å². The van der Waals surface area contributed by atoms with Crippen molar-refractivity contribution in [1.29, 1.82) is 0 Å². The third-order valence-electron chi connectivity index (χ3n) is 3.59. The summed E-state index contributed by atoms with van der Waals surface area (Å²) in [7, 11) is 0. The van der Waals surface area contributed by atoms with Crippen molar-refractivity contribution in [3.8, 4) is 0 Å². The number of amides is 2. The Hall–Kier alpha value is -1.87. The molecule has 0 atom stereocenters. The van der Waals surface area contributed by atoms with Gasteiger partial charge in [0.2, 0.25) is 11.8 Å². The molecular weight excluding hydrogens is 509 g/mol. The molecule has 2 aromatic carbocycles. The molecule has 0 unspecified atom stereocenters. The average molecular weight is 528 g/mol. The number of anilines is 1. The molecule has 7 heteroatoms. The molecule has 0 aliphatic rings. The molecule has 0 bridgehead atoms. The summed E-state index contributed by atoms with van der Waals surface area (Å²) in [5.74, 6) is -0.478. The van der Waals surface area contributed by atoms with Crippen molar-refractivity contribution >= 4 is 61.7 Å². The summed E-state index contributed by atoms with van der Waals surface area (Å²) < 4.78 is 2.07. The predicted molar refractivity (Wildman–Crippen MR) is 116 cm³/mol. The molecule has 26 heavy (non-hydrogen) atoms. The second kappa shape index (κ2) is 9.72. The lowest BCUT2D eigenvalue weighted by molar-refractivity contribution is -0.124. The fourth-order valence-electron chi connectivity index (χ4n) is 2.14. The Bertz CT molecular complexity index is 822. The summed E-state index contributed by atoms with van der Waals surface area (Å²) in [6, 6.07) is 13.3. The van der Waals surface area contributed by atoms with Crippen LogP contribution in [0.5, 0.6) is 0 Å². The van der Waals surface area contributed by atoms with Gasteiger partial charge < -0.3 is 5.32 Å². The summed E-state index contributed by atoms with van der Waals surface area (Å²) in [6.07, 6.45) is 0.180. The van der Waals surface area contributed by atoms with Gasteiger partial charge in [0.15, 0.2) is 0 Å². The van der Waals surface area contributed by atoms with E-state index in [1.807, 2.05) is 49.4 Å². The highest BCUT2D eigenvalue weighted by Gasteiger charge is 2.09. The van der Waals surface area contributed by atoms with E-state index in [9.17, 15) is 9.59 Å². The van der Waals surface area contributed by atoms with Crippen LogP contribution in [-0.4, -0.2) is 11.8 Å². The molecule has 2 rings (SSSR count). The van der Waals surface area contributed by atoms with Gasteiger partial charge in [0.1, 0.15) is 0 Å². The van der Waals surface area contributed by atoms with Gasteiger partial charge in [0.25, 0.3) is 0 Å². The SMILES string of the molecule is C=C(NNC(=O)CCC(=O)Nc1ccc(I)cc1C)c1ccc(Br)cc1. The summed E-state index contributed by atoms with van der Waals surface area (Å²) in [5.41, 5.74) is 8.50. The fraction of sp³-hybridized carbons (Fsp3) is 0.158. The van der Waals surface area contributed by atoms with Gasteiger partial charge >= 0.3 is 0 Å². The van der Waals surface area contributed by atoms with Gasteiger partial charge in [0.05, 0.1) is 5.70 Å². The third-order valence-corrected chi connectivity index (χ3v) is 4.79. The van der Waals surface area contributed by atoms with Gasteiger partial charge in [-0.15, -0.1) is 0 Å². The monoisotopic (exact) mass is 527 g/mol. The topological polar surface area (TPSA) is 70.2 Å². The minimum atomic E-state index is -0.280. The normalized spacial score (nSPS) is 10.1. The van der Waals surface area contributed by atoms with E-state index in [2.05, 4.69) is 61.3 Å². The molecule has 2 amide bonds. The van der Waals surface area contributed by atoms with Crippen molar-refractivity contribution in [3.05, 3.63) is 68.2 Å². The largest absolute Gasteiger partial charge is 0.326 e. The summed E-state index contributed by atoms with van der Waals surface area (Å²) in [5, 5.41) is 2.82. The van der Waals surface area contributed by atoms with Crippen LogP contribution in [0.25, 0.3) is 5.70 Å². The smallest absolute Gasteiger partial charge is 0.238 e. The molecule has 0 radical (unpaired) electrons. The lowest BCUT2D eigenvalue weighted by Crippen LogP contribution is -2.36. The molecule has 2 aromatic rings. The van der Waals surface area contributed by atoms with Crippen LogP contribution in [0.15, 0.2) is 53.5 Å². The van der Waals surface area contributed by atoms with E-state index in [0.717, 1.165) is 24.9 Å². The van der Waals surface area contributed by atoms with Gasteiger partial charge in [0, 0.05) is 26.6 Å². The van der Waals surface area contributed by atoms with Crippen LogP contribution in [0.4, 0.5) is 5.69 Å². The average Bonchev–Trinajstić information content (AvgIpc) is 2.61. The summed E-state index contributed by atoms with van der Waals surface area (Å²) in [4.78, 5) is 23.9. The van der Waals surface area contributed by atoms with Crippen molar-refractivity contribution in [1.82, 2.24) is 10.9 Å². The quantitative estimate of drug-likeness (QED) is 0.370. The second-order valence-electron chi connectivity index (χ2n) is 5.67. The number of hydrogen-bond acceptors (Lipinski definition) is 3. The van der Waals surface area contributed by atoms with Crippen LogP contribution in [0.3, 0.4) is 0 Å². The van der Waals surface area contributed by atoms with Crippen LogP contribution in [0, 0.1) is 10.5 Å². The van der Waals surface area contributed by atoms with Crippen LogP contribution >= 0.6 is 38.5 Å². The number of hydrazine groups is 1. The Balaban J connectivity index is 1.74. The maximum Gasteiger partial charge on any atom is 0.238 e. The third kappa shape index (κ3) is 6.45. The molecule has 0 heterocycles. The highest BCUT2D eigenvalue weighted by atomic mass is 127. The molecule has 0 aromatic heterocycles. The maximum absolute atomic E-state index is 12.0. The van der Waals surface area contributed by atoms with Crippen LogP contribution in [-0.2, 0) is 9.59 Å². The Morgan fingerprint density at radius 2 is 1.69 bits per heavy atom. The molecule has 3 N–H and O–H groups in total. The van der Waals surface area contributed by atoms with Crippen molar-refractivity contribution < 1.29 is 9.59 Å². The predicted octanol–water partition coefficient (Wildman–Crippen LogP) is 4.37. The van der Waals surface area contributed by atoms with E-state index in [4.69, 9.17) is 0 Å². The zero-order chi connectivity index (χ0) is 19.1. The van der Waals surface area contributed by atoms with E-state index in [0.29, 0.717) is 5.70 Å². The Morgan fingerprint density at radius 3 is 2.35 bits per heavy atom. The molecule has 0 aliphatic carbocycles. The highest BCUT2D eigenvalue weighted by molar-refractivity contribution is 14.1. The molecule has 5 nitrogen and oxygen atoms in total. The maximum atomic E-state index is 12.0. The van der Waals surface area contributed by atoms with Crippen molar-refractivity contribution in [3.63, 3.8) is 0 Å². The first-order chi connectivity index (χ1) is 12.3. The van der Waals surface area contributed by atoms with Crippen molar-refractivity contribution in [2.75, 3.05) is 5.32 Å². The standard InChI is InChI=1S/C19H19BrIN3O2/c1-12-11-16(21)7-8-17(12)22-18(25)9-10-19(26)24-23-13(2)14-3-5-15(20)6-4-14/h3-8,11,23H,2,9-10H2,1H3,(H,22,25)(H,24,26). The van der Waals surface area contributed by atoms with Gasteiger partial charge in [-0.2, -0.15) is 0 Å². The Labute approximate surface area is 174 Å². The zero-order valence-electron chi connectivity index (χ0n) is 14.2. The van der Waals surface area contributed by atoms with E-state index in [1.165, 1.54) is 0 Å². The first kappa shape index (κ1) is 20.4. The molecule has 0 spiro atoms. The van der Waals surface area contributed by atoms with Gasteiger partial charge in [-0.1, -0.05) is 34.6 Å². The number of aryl methyl sites for hydroxylation is 1. The number of carbonyl (C=O) groups is 2. The zero-order valence-corrected chi connectivity index (χ0v) is 18.0. The second-order valence-corrected chi connectivity index (χ2v) is 7.83. The molecule has 136 valence electrons. The van der Waals surface area contributed by atoms with Crippen LogP contribution < -0.4 is 16.2 Å². The van der Waals surface area contributed by atoms with Gasteiger partial charge in [-0.05, 0) is 71.0 Å². The molecular formula is C19H19BrIN3O2. The molecule has 0 fully saturated rings. The van der Waals surface area contributed by atoms with Gasteiger partial charge in [-0.25, -0.2) is 0 Å². The number of rotatable bonds is 7. The van der Waals surface area contributed by atoms with E-state index in [1.54, 1.807) is 0 Å². The lowest BCUT2D eigenvalue weighted by atomic mass is 10.2. The molecule has 0 aliphatic heterocycles. The minimum absolute atomic E-state index is 0.0792. The summed E-state index contributed by atoms with van der Waals surface area (Å²) >= 11 is 5.58. The Morgan fingerprint density at radius 1 is 1.04 bits per heavy atom. The minimum Gasteiger partial charge on any atom is -0.326 e. The van der Waals surface area contributed by atoms with E-state index >= 15 is 0 Å². The van der Waals surface area contributed by atoms with Crippen molar-refractivity contribution in [2.24, 2.45) is 0 Å². The van der Waals surface area contributed by atoms with Crippen LogP contribution in [0.2, 0.25) is 0 Å². The molecule has 0 saturated heterocycles. The lowest BCUT2D eigenvalue weighted by Gasteiger charge is -2.12. The van der Waals surface area contributed by atoms with Crippen molar-refractivity contribution in [2.45, 2.75) is 19.8 Å². The highest BCUT2D eigenvalue weighted by Crippen LogP contribution is 2.18. The van der Waals surface area contributed by atoms with E-state index in [-0.39, 0.29) is 24.7 Å².